The Morgan fingerprint density at radius 2 is 2.20 bits per heavy atom. The van der Waals surface area contributed by atoms with Crippen molar-refractivity contribution in [2.45, 2.75) is 26.3 Å². The molecule has 8 heteroatoms. The number of thiazole rings is 1. The van der Waals surface area contributed by atoms with Crippen molar-refractivity contribution in [3.63, 3.8) is 0 Å². The predicted octanol–water partition coefficient (Wildman–Crippen LogP) is 4.45. The molecular weight excluding hydrogens is 404 g/mol. The number of nitrogens with one attached hydrogen (secondary N) is 1. The molecule has 0 amide bonds. The van der Waals surface area contributed by atoms with E-state index in [1.807, 2.05) is 6.92 Å². The number of halogens is 1. The van der Waals surface area contributed by atoms with E-state index in [0.29, 0.717) is 5.92 Å². The summed E-state index contributed by atoms with van der Waals surface area (Å²) in [5.41, 5.74) is 2.18. The molecule has 0 bridgehead atoms. The Kier molecular flexibility index (Phi) is 6.03. The van der Waals surface area contributed by atoms with Crippen molar-refractivity contribution in [2.24, 2.45) is 5.92 Å². The van der Waals surface area contributed by atoms with Gasteiger partial charge >= 0.3 is 0 Å². The number of nitro benzene ring substituents is 1. The largest absolute Gasteiger partial charge is 0.384 e. The first-order chi connectivity index (χ1) is 12.0. The van der Waals surface area contributed by atoms with E-state index in [1.165, 1.54) is 11.8 Å². The molecule has 6 nitrogen and oxygen atoms in total. The SMILES string of the molecule is Cc1nc(CN2CCC(CNc3ccc([N+](=O)[O-])cc3Br)CC2)cs1. The minimum Gasteiger partial charge on any atom is -0.384 e. The highest BCUT2D eigenvalue weighted by atomic mass is 79.9. The van der Waals surface area contributed by atoms with Gasteiger partial charge in [0.15, 0.2) is 0 Å². The van der Waals surface area contributed by atoms with Gasteiger partial charge in [0, 0.05) is 40.8 Å². The first kappa shape index (κ1) is 18.3. The molecule has 1 fully saturated rings. The van der Waals surface area contributed by atoms with Gasteiger partial charge < -0.3 is 5.32 Å². The number of anilines is 1. The van der Waals surface area contributed by atoms with E-state index >= 15 is 0 Å². The molecule has 1 saturated heterocycles. The number of piperidine rings is 1. The van der Waals surface area contributed by atoms with E-state index in [0.717, 1.165) is 54.2 Å². The monoisotopic (exact) mass is 424 g/mol. The quantitative estimate of drug-likeness (QED) is 0.547. The van der Waals surface area contributed by atoms with Crippen LogP contribution < -0.4 is 5.32 Å². The van der Waals surface area contributed by atoms with Crippen LogP contribution in [0.25, 0.3) is 0 Å². The van der Waals surface area contributed by atoms with Crippen LogP contribution in [0.2, 0.25) is 0 Å². The normalized spacial score (nSPS) is 16.1. The fraction of sp³-hybridized carbons (Fsp3) is 0.471. The summed E-state index contributed by atoms with van der Waals surface area (Å²) in [6.07, 6.45) is 2.31. The molecule has 1 aliphatic rings. The Morgan fingerprint density at radius 1 is 1.44 bits per heavy atom. The van der Waals surface area contributed by atoms with Gasteiger partial charge in [-0.15, -0.1) is 11.3 Å². The first-order valence-corrected chi connectivity index (χ1v) is 9.99. The molecule has 0 atom stereocenters. The van der Waals surface area contributed by atoms with Crippen molar-refractivity contribution < 1.29 is 4.92 Å². The molecule has 0 radical (unpaired) electrons. The smallest absolute Gasteiger partial charge is 0.270 e. The van der Waals surface area contributed by atoms with Crippen LogP contribution in [0.4, 0.5) is 11.4 Å². The van der Waals surface area contributed by atoms with E-state index in [2.05, 4.69) is 36.5 Å². The number of hydrogen-bond acceptors (Lipinski definition) is 6. The van der Waals surface area contributed by atoms with E-state index < -0.39 is 0 Å². The van der Waals surface area contributed by atoms with E-state index in [1.54, 1.807) is 23.5 Å². The van der Waals surface area contributed by atoms with Gasteiger partial charge in [-0.2, -0.15) is 0 Å². The maximum Gasteiger partial charge on any atom is 0.270 e. The lowest BCUT2D eigenvalue weighted by Crippen LogP contribution is -2.35. The average Bonchev–Trinajstić information content (AvgIpc) is 3.00. The van der Waals surface area contributed by atoms with Crippen LogP contribution in [-0.2, 0) is 6.54 Å². The molecule has 0 unspecified atom stereocenters. The number of nitrogens with zero attached hydrogens (tertiary/aromatic N) is 3. The van der Waals surface area contributed by atoms with Crippen molar-refractivity contribution in [1.82, 2.24) is 9.88 Å². The van der Waals surface area contributed by atoms with Crippen LogP contribution >= 0.6 is 27.3 Å². The second-order valence-corrected chi connectivity index (χ2v) is 8.30. The van der Waals surface area contributed by atoms with Gasteiger partial charge in [0.2, 0.25) is 0 Å². The van der Waals surface area contributed by atoms with Crippen molar-refractivity contribution >= 4 is 38.6 Å². The Hall–Kier alpha value is -1.51. The lowest BCUT2D eigenvalue weighted by atomic mass is 9.96. The van der Waals surface area contributed by atoms with Crippen LogP contribution in [0.1, 0.15) is 23.5 Å². The number of benzene rings is 1. The highest BCUT2D eigenvalue weighted by molar-refractivity contribution is 9.10. The Labute approximate surface area is 159 Å². The third-order valence-corrected chi connectivity index (χ3v) is 5.98. The minimum atomic E-state index is -0.381. The third-order valence-electron chi connectivity index (χ3n) is 4.50. The minimum absolute atomic E-state index is 0.100. The van der Waals surface area contributed by atoms with Crippen LogP contribution in [0.3, 0.4) is 0 Å². The zero-order chi connectivity index (χ0) is 17.8. The Morgan fingerprint density at radius 3 is 2.80 bits per heavy atom. The number of non-ortho nitro benzene ring substituents is 1. The summed E-state index contributed by atoms with van der Waals surface area (Å²) in [5.74, 6) is 0.621. The lowest BCUT2D eigenvalue weighted by Gasteiger charge is -2.31. The van der Waals surface area contributed by atoms with Gasteiger partial charge in [-0.1, -0.05) is 0 Å². The van der Waals surface area contributed by atoms with Gasteiger partial charge in [0.1, 0.15) is 0 Å². The highest BCUT2D eigenvalue weighted by Crippen LogP contribution is 2.28. The Balaban J connectivity index is 1.45. The van der Waals surface area contributed by atoms with Gasteiger partial charge in [0.25, 0.3) is 5.69 Å². The van der Waals surface area contributed by atoms with E-state index in [-0.39, 0.29) is 10.6 Å². The highest BCUT2D eigenvalue weighted by Gasteiger charge is 2.20. The fourth-order valence-electron chi connectivity index (χ4n) is 3.07. The summed E-state index contributed by atoms with van der Waals surface area (Å²) in [4.78, 5) is 17.4. The first-order valence-electron chi connectivity index (χ1n) is 8.32. The molecule has 2 aromatic rings. The molecule has 25 heavy (non-hydrogen) atoms. The number of aromatic nitrogens is 1. The molecule has 2 heterocycles. The molecule has 0 aliphatic carbocycles. The molecular formula is C17H21BrN4O2S. The van der Waals surface area contributed by atoms with Crippen LogP contribution in [0.15, 0.2) is 28.1 Å². The lowest BCUT2D eigenvalue weighted by molar-refractivity contribution is -0.384. The standard InChI is InChI=1S/C17H21BrN4O2S/c1-12-20-14(11-25-12)10-21-6-4-13(5-7-21)9-19-17-3-2-15(22(23)24)8-16(17)18/h2-3,8,11,13,19H,4-7,9-10H2,1H3. The number of nitro groups is 1. The number of rotatable bonds is 6. The third kappa shape index (κ3) is 4.99. The van der Waals surface area contributed by atoms with E-state index in [4.69, 9.17) is 0 Å². The maximum absolute atomic E-state index is 10.8. The summed E-state index contributed by atoms with van der Waals surface area (Å²) in [6.45, 7) is 6.05. The summed E-state index contributed by atoms with van der Waals surface area (Å²) < 4.78 is 0.734. The van der Waals surface area contributed by atoms with E-state index in [9.17, 15) is 10.1 Å². The number of likely N-dealkylation sites (tertiary alicyclic amines) is 1. The van der Waals surface area contributed by atoms with Crippen molar-refractivity contribution in [2.75, 3.05) is 25.0 Å². The van der Waals surface area contributed by atoms with Gasteiger partial charge in [-0.3, -0.25) is 15.0 Å². The van der Waals surface area contributed by atoms with Gasteiger partial charge in [-0.05, 0) is 60.8 Å². The summed E-state index contributed by atoms with van der Waals surface area (Å²) in [7, 11) is 0. The summed E-state index contributed by atoms with van der Waals surface area (Å²) in [5, 5.41) is 17.5. The molecule has 0 saturated carbocycles. The maximum atomic E-state index is 10.8. The zero-order valence-electron chi connectivity index (χ0n) is 14.1. The molecule has 3 rings (SSSR count). The number of hydrogen-bond donors (Lipinski definition) is 1. The van der Waals surface area contributed by atoms with Gasteiger partial charge in [0.05, 0.1) is 15.6 Å². The van der Waals surface area contributed by atoms with Crippen LogP contribution in [0.5, 0.6) is 0 Å². The topological polar surface area (TPSA) is 71.3 Å². The van der Waals surface area contributed by atoms with Crippen LogP contribution in [-0.4, -0.2) is 34.4 Å². The molecule has 1 aromatic carbocycles. The van der Waals surface area contributed by atoms with Crippen molar-refractivity contribution in [3.05, 3.63) is 48.9 Å². The van der Waals surface area contributed by atoms with Crippen molar-refractivity contribution in [1.29, 1.82) is 0 Å². The second-order valence-electron chi connectivity index (χ2n) is 6.38. The zero-order valence-corrected chi connectivity index (χ0v) is 16.5. The second kappa shape index (κ2) is 8.25. The number of aryl methyl sites for hydroxylation is 1. The summed E-state index contributed by atoms with van der Waals surface area (Å²) in [6, 6.07) is 4.84. The predicted molar refractivity (Wildman–Crippen MR) is 104 cm³/mol. The summed E-state index contributed by atoms with van der Waals surface area (Å²) >= 11 is 5.12. The molecule has 1 aromatic heterocycles. The average molecular weight is 425 g/mol. The van der Waals surface area contributed by atoms with Crippen LogP contribution in [0, 0.1) is 23.0 Å². The van der Waals surface area contributed by atoms with Crippen molar-refractivity contribution in [3.8, 4) is 0 Å². The molecule has 1 N–H and O–H groups in total. The van der Waals surface area contributed by atoms with Gasteiger partial charge in [-0.25, -0.2) is 4.98 Å². The molecule has 0 spiro atoms. The Bertz CT molecular complexity index is 744. The molecule has 134 valence electrons. The fourth-order valence-corrected chi connectivity index (χ4v) is 4.18. The molecule has 1 aliphatic heterocycles.